The Morgan fingerprint density at radius 2 is 1.89 bits per heavy atom. The lowest BCUT2D eigenvalue weighted by Gasteiger charge is -2.09. The highest BCUT2D eigenvalue weighted by Gasteiger charge is 2.07. The van der Waals surface area contributed by atoms with Gasteiger partial charge in [0.1, 0.15) is 0 Å². The maximum absolute atomic E-state index is 9.53. The molecule has 0 aromatic heterocycles. The van der Waals surface area contributed by atoms with Crippen molar-refractivity contribution >= 4 is 43.6 Å². The molecule has 2 aromatic carbocycles. The topological polar surface area (TPSA) is 20.2 Å². The Hall–Kier alpha value is -0.290. The van der Waals surface area contributed by atoms with Crippen molar-refractivity contribution in [3.8, 4) is 0 Å². The molecule has 1 N–H and O–H groups in total. The highest BCUT2D eigenvalue weighted by Crippen LogP contribution is 2.35. The van der Waals surface area contributed by atoms with E-state index >= 15 is 0 Å². The quantitative estimate of drug-likeness (QED) is 0.758. The van der Waals surface area contributed by atoms with E-state index in [0.717, 1.165) is 19.4 Å². The molecule has 18 heavy (non-hydrogen) atoms. The minimum Gasteiger partial charge on any atom is -0.389 e. The highest BCUT2D eigenvalue weighted by atomic mass is 79.9. The Morgan fingerprint density at radius 3 is 2.50 bits per heavy atom. The molecule has 4 heteroatoms. The fraction of sp³-hybridized carbons (Fsp3) is 0.143. The van der Waals surface area contributed by atoms with Crippen molar-refractivity contribution in [3.63, 3.8) is 0 Å². The molecule has 0 amide bonds. The summed E-state index contributed by atoms with van der Waals surface area (Å²) in [6.45, 7) is 1.77. The summed E-state index contributed by atoms with van der Waals surface area (Å²) in [6.07, 6.45) is -0.439. The van der Waals surface area contributed by atoms with Gasteiger partial charge in [-0.25, -0.2) is 0 Å². The van der Waals surface area contributed by atoms with Crippen LogP contribution in [0.15, 0.2) is 61.2 Å². The largest absolute Gasteiger partial charge is 0.389 e. The predicted octanol–water partition coefficient (Wildman–Crippen LogP) is 5.42. The fourth-order valence-corrected chi connectivity index (χ4v) is 3.59. The first-order valence-electron chi connectivity index (χ1n) is 5.47. The molecule has 0 saturated carbocycles. The molecule has 0 aliphatic carbocycles. The van der Waals surface area contributed by atoms with Crippen LogP contribution < -0.4 is 0 Å². The predicted molar refractivity (Wildman–Crippen MR) is 83.0 cm³/mol. The third-order valence-electron chi connectivity index (χ3n) is 2.46. The van der Waals surface area contributed by atoms with E-state index in [4.69, 9.17) is 0 Å². The second kappa shape index (κ2) is 6.24. The molecule has 94 valence electrons. The molecule has 2 aromatic rings. The van der Waals surface area contributed by atoms with E-state index in [2.05, 4.69) is 44.0 Å². The van der Waals surface area contributed by atoms with Gasteiger partial charge in [-0.1, -0.05) is 39.8 Å². The molecular formula is C14H12Br2OS. The van der Waals surface area contributed by atoms with Gasteiger partial charge in [0.2, 0.25) is 0 Å². The first-order valence-corrected chi connectivity index (χ1v) is 7.87. The number of benzene rings is 2. The summed E-state index contributed by atoms with van der Waals surface area (Å²) in [7, 11) is 0. The molecule has 1 atom stereocenters. The molecule has 0 saturated heterocycles. The van der Waals surface area contributed by atoms with Crippen LogP contribution in [0.4, 0.5) is 0 Å². The van der Waals surface area contributed by atoms with Crippen molar-refractivity contribution in [1.82, 2.24) is 0 Å². The second-order valence-electron chi connectivity index (χ2n) is 3.93. The Morgan fingerprint density at radius 1 is 1.11 bits per heavy atom. The summed E-state index contributed by atoms with van der Waals surface area (Å²) >= 11 is 8.70. The van der Waals surface area contributed by atoms with E-state index in [1.807, 2.05) is 30.3 Å². The number of halogens is 2. The van der Waals surface area contributed by atoms with Crippen molar-refractivity contribution in [2.75, 3.05) is 0 Å². The Bertz CT molecular complexity index is 555. The van der Waals surface area contributed by atoms with Crippen LogP contribution in [0.3, 0.4) is 0 Å². The van der Waals surface area contributed by atoms with Gasteiger partial charge >= 0.3 is 0 Å². The lowest BCUT2D eigenvalue weighted by atomic mass is 10.1. The van der Waals surface area contributed by atoms with Crippen molar-refractivity contribution in [2.45, 2.75) is 22.8 Å². The summed E-state index contributed by atoms with van der Waals surface area (Å²) in [5.74, 6) is 0. The number of rotatable bonds is 3. The van der Waals surface area contributed by atoms with Gasteiger partial charge in [-0.05, 0) is 58.7 Å². The summed E-state index contributed by atoms with van der Waals surface area (Å²) in [4.78, 5) is 2.31. The van der Waals surface area contributed by atoms with E-state index in [1.165, 1.54) is 4.90 Å². The van der Waals surface area contributed by atoms with Crippen molar-refractivity contribution in [2.24, 2.45) is 0 Å². The molecule has 1 nitrogen and oxygen atoms in total. The van der Waals surface area contributed by atoms with E-state index in [9.17, 15) is 5.11 Å². The zero-order valence-electron chi connectivity index (χ0n) is 9.73. The Balaban J connectivity index is 2.24. The molecule has 0 heterocycles. The van der Waals surface area contributed by atoms with Gasteiger partial charge in [-0.3, -0.25) is 0 Å². The average molecular weight is 388 g/mol. The second-order valence-corrected chi connectivity index (χ2v) is 6.81. The number of aliphatic hydroxyl groups is 1. The molecule has 0 unspecified atom stereocenters. The van der Waals surface area contributed by atoms with E-state index in [1.54, 1.807) is 18.7 Å². The average Bonchev–Trinajstić information content (AvgIpc) is 2.31. The van der Waals surface area contributed by atoms with Crippen LogP contribution in [0.25, 0.3) is 0 Å². The third-order valence-corrected chi connectivity index (χ3v) is 4.94. The van der Waals surface area contributed by atoms with Gasteiger partial charge in [0.25, 0.3) is 0 Å². The molecule has 2 rings (SSSR count). The van der Waals surface area contributed by atoms with Gasteiger partial charge in [0.15, 0.2) is 0 Å². The maximum atomic E-state index is 9.53. The van der Waals surface area contributed by atoms with E-state index in [0.29, 0.717) is 0 Å². The van der Waals surface area contributed by atoms with Crippen LogP contribution in [-0.4, -0.2) is 5.11 Å². The molecule has 0 aliphatic heterocycles. The van der Waals surface area contributed by atoms with Crippen molar-refractivity contribution < 1.29 is 5.11 Å². The van der Waals surface area contributed by atoms with Gasteiger partial charge in [-0.2, -0.15) is 0 Å². The van der Waals surface area contributed by atoms with Crippen molar-refractivity contribution in [3.05, 3.63) is 57.0 Å². The van der Waals surface area contributed by atoms with Crippen LogP contribution in [0, 0.1) is 0 Å². The summed E-state index contributed by atoms with van der Waals surface area (Å²) < 4.78 is 2.08. The highest BCUT2D eigenvalue weighted by molar-refractivity contribution is 9.10. The van der Waals surface area contributed by atoms with Crippen LogP contribution >= 0.6 is 43.6 Å². The normalized spacial score (nSPS) is 12.4. The SMILES string of the molecule is C[C@@H](O)c1ccc(Sc2cccc(Br)c2)c(Br)c1. The molecule has 0 fully saturated rings. The van der Waals surface area contributed by atoms with Gasteiger partial charge in [0, 0.05) is 18.7 Å². The minimum absolute atomic E-state index is 0.439. The summed E-state index contributed by atoms with van der Waals surface area (Å²) in [5, 5.41) is 9.53. The van der Waals surface area contributed by atoms with Crippen molar-refractivity contribution in [1.29, 1.82) is 0 Å². The van der Waals surface area contributed by atoms with Gasteiger partial charge in [0.05, 0.1) is 6.10 Å². The molecule has 0 radical (unpaired) electrons. The Labute approximate surface area is 128 Å². The first-order chi connectivity index (χ1) is 8.56. The van der Waals surface area contributed by atoms with Crippen LogP contribution in [0.2, 0.25) is 0 Å². The van der Waals surface area contributed by atoms with E-state index < -0.39 is 6.10 Å². The first kappa shape index (κ1) is 14.1. The zero-order valence-corrected chi connectivity index (χ0v) is 13.7. The smallest absolute Gasteiger partial charge is 0.0762 e. The van der Waals surface area contributed by atoms with Gasteiger partial charge in [-0.15, -0.1) is 0 Å². The summed E-state index contributed by atoms with van der Waals surface area (Å²) in [6, 6.07) is 14.1. The van der Waals surface area contributed by atoms with E-state index in [-0.39, 0.29) is 0 Å². The molecular weight excluding hydrogens is 376 g/mol. The van der Waals surface area contributed by atoms with Crippen LogP contribution in [0.1, 0.15) is 18.6 Å². The molecule has 0 bridgehead atoms. The molecule has 0 aliphatic rings. The lowest BCUT2D eigenvalue weighted by molar-refractivity contribution is 0.199. The minimum atomic E-state index is -0.439. The van der Waals surface area contributed by atoms with Crippen LogP contribution in [0.5, 0.6) is 0 Å². The Kier molecular flexibility index (Phi) is 4.90. The fourth-order valence-electron chi connectivity index (χ4n) is 1.52. The monoisotopic (exact) mass is 386 g/mol. The van der Waals surface area contributed by atoms with Gasteiger partial charge < -0.3 is 5.11 Å². The summed E-state index contributed by atoms with van der Waals surface area (Å²) in [5.41, 5.74) is 0.917. The maximum Gasteiger partial charge on any atom is 0.0762 e. The number of hydrogen-bond acceptors (Lipinski definition) is 2. The number of aliphatic hydroxyl groups excluding tert-OH is 1. The zero-order chi connectivity index (χ0) is 13.1. The van der Waals surface area contributed by atoms with Crippen LogP contribution in [-0.2, 0) is 0 Å². The lowest BCUT2D eigenvalue weighted by Crippen LogP contribution is -1.90. The number of hydrogen-bond donors (Lipinski definition) is 1. The third kappa shape index (κ3) is 3.60. The molecule has 0 spiro atoms. The standard InChI is InChI=1S/C14H12Br2OS/c1-9(17)10-5-6-14(13(16)7-10)18-12-4-2-3-11(15)8-12/h2-9,17H,1H3/t9-/m1/s1.